The summed E-state index contributed by atoms with van der Waals surface area (Å²) in [6.07, 6.45) is 9.78. The van der Waals surface area contributed by atoms with Gasteiger partial charge in [0.05, 0.1) is 23.2 Å². The molecule has 4 amide bonds. The molecule has 1 aromatic heterocycles. The third-order valence-electron chi connectivity index (χ3n) is 14.0. The quantitative estimate of drug-likeness (QED) is 0.110. The third kappa shape index (κ3) is 12.0. The van der Waals surface area contributed by atoms with E-state index in [4.69, 9.17) is 0 Å². The number of carbonyl (C=O) groups excluding carboxylic acids is 4. The van der Waals surface area contributed by atoms with Gasteiger partial charge in [0, 0.05) is 69.7 Å². The fourth-order valence-electron chi connectivity index (χ4n) is 10.3. The van der Waals surface area contributed by atoms with Crippen molar-refractivity contribution < 1.29 is 23.6 Å². The van der Waals surface area contributed by atoms with Crippen LogP contribution in [0.3, 0.4) is 0 Å². The lowest BCUT2D eigenvalue weighted by atomic mass is 9.83. The molecule has 65 heavy (non-hydrogen) atoms. The highest BCUT2D eigenvalue weighted by Gasteiger charge is 2.36. The highest BCUT2D eigenvalue weighted by Crippen LogP contribution is 2.29. The molecule has 4 aromatic rings. The fourth-order valence-corrected chi connectivity index (χ4v) is 10.3. The van der Waals surface area contributed by atoms with E-state index >= 15 is 0 Å². The molecular weight excluding hydrogens is 826 g/mol. The van der Waals surface area contributed by atoms with E-state index in [1.54, 1.807) is 18.2 Å². The summed E-state index contributed by atoms with van der Waals surface area (Å²) in [5, 5.41) is 20.2. The Kier molecular flexibility index (Phi) is 15.7. The predicted octanol–water partition coefficient (Wildman–Crippen LogP) is 4.20. The number of piperidine rings is 2. The van der Waals surface area contributed by atoms with Gasteiger partial charge >= 0.3 is 0 Å². The van der Waals surface area contributed by atoms with Crippen molar-refractivity contribution in [2.45, 2.75) is 76.2 Å². The van der Waals surface area contributed by atoms with Crippen LogP contribution in [0.2, 0.25) is 0 Å². The second-order valence-corrected chi connectivity index (χ2v) is 18.5. The van der Waals surface area contributed by atoms with Crippen molar-refractivity contribution >= 4 is 34.4 Å². The zero-order chi connectivity index (χ0) is 45.1. The molecule has 0 bridgehead atoms. The molecule has 1 saturated carbocycles. The van der Waals surface area contributed by atoms with Crippen LogP contribution in [0, 0.1) is 17.7 Å². The maximum absolute atomic E-state index is 14.8. The Morgan fingerprint density at radius 2 is 1.54 bits per heavy atom. The Hall–Kier alpha value is -5.51. The van der Waals surface area contributed by atoms with Gasteiger partial charge in [-0.05, 0) is 117 Å². The topological polar surface area (TPSA) is 172 Å². The Labute approximate surface area is 380 Å². The molecule has 3 aromatic carbocycles. The maximum atomic E-state index is 14.8. The number of halogens is 1. The smallest absolute Gasteiger partial charge is 0.272 e. The summed E-state index contributed by atoms with van der Waals surface area (Å²) in [6, 6.07) is 18.9. The van der Waals surface area contributed by atoms with E-state index in [-0.39, 0.29) is 54.4 Å². The minimum atomic E-state index is -0.652. The molecule has 1 unspecified atom stereocenters. The Morgan fingerprint density at radius 3 is 2.31 bits per heavy atom. The van der Waals surface area contributed by atoms with Crippen molar-refractivity contribution in [3.63, 3.8) is 0 Å². The number of rotatable bonds is 15. The number of likely N-dealkylation sites (tertiary alicyclic amines) is 1. The molecule has 3 aliphatic heterocycles. The fraction of sp³-hybridized carbons (Fsp3) is 0.520. The summed E-state index contributed by atoms with van der Waals surface area (Å²) >= 11 is 0. The van der Waals surface area contributed by atoms with Crippen LogP contribution in [0.5, 0.6) is 0 Å². The maximum Gasteiger partial charge on any atom is 0.272 e. The summed E-state index contributed by atoms with van der Waals surface area (Å²) in [7, 11) is 0. The molecule has 0 spiro atoms. The minimum absolute atomic E-state index is 0.0535. The monoisotopic (exact) mass is 890 g/mol. The summed E-state index contributed by atoms with van der Waals surface area (Å²) in [6.45, 7) is 8.09. The highest BCUT2D eigenvalue weighted by atomic mass is 19.1. The first-order valence-corrected chi connectivity index (χ1v) is 23.8. The SMILES string of the molecule is O=C(CN1CCC(CN2CCN(C(=O)[C@H](NC(=O)c3cccc(C4CCCNC4)c3)C3CCCCC3)CC2)CC1)NCCNC(=O)c1cc(Cc2n[nH]c(=O)c3ccccc23)ccc1F. The van der Waals surface area contributed by atoms with Gasteiger partial charge in [0.25, 0.3) is 17.4 Å². The summed E-state index contributed by atoms with van der Waals surface area (Å²) in [4.78, 5) is 72.5. The third-order valence-corrected chi connectivity index (χ3v) is 14.0. The number of hydrogen-bond acceptors (Lipinski definition) is 9. The van der Waals surface area contributed by atoms with Gasteiger partial charge in [-0.25, -0.2) is 9.49 Å². The van der Waals surface area contributed by atoms with Crippen molar-refractivity contribution in [3.05, 3.63) is 111 Å². The average molecular weight is 890 g/mol. The number of hydrogen-bond donors (Lipinski definition) is 5. The van der Waals surface area contributed by atoms with Gasteiger partial charge in [-0.15, -0.1) is 0 Å². The number of aromatic amines is 1. The molecule has 4 aliphatic rings. The molecule has 3 saturated heterocycles. The number of nitrogens with zero attached hydrogens (tertiary/aromatic N) is 4. The van der Waals surface area contributed by atoms with Crippen LogP contribution < -0.4 is 26.8 Å². The van der Waals surface area contributed by atoms with Gasteiger partial charge in [-0.2, -0.15) is 5.10 Å². The number of H-pyrrole nitrogens is 1. The molecule has 2 atom stereocenters. The minimum Gasteiger partial charge on any atom is -0.353 e. The van der Waals surface area contributed by atoms with Gasteiger partial charge in [0.15, 0.2) is 0 Å². The molecule has 4 fully saturated rings. The number of amides is 4. The Bertz CT molecular complexity index is 2350. The summed E-state index contributed by atoms with van der Waals surface area (Å²) in [5.74, 6) is -0.398. The molecule has 0 radical (unpaired) electrons. The molecular formula is C50H64FN9O5. The first-order valence-electron chi connectivity index (χ1n) is 23.8. The zero-order valence-corrected chi connectivity index (χ0v) is 37.4. The van der Waals surface area contributed by atoms with E-state index in [1.807, 2.05) is 35.2 Å². The van der Waals surface area contributed by atoms with Gasteiger partial charge in [0.1, 0.15) is 11.9 Å². The number of aromatic nitrogens is 2. The predicted molar refractivity (Wildman–Crippen MR) is 248 cm³/mol. The first kappa shape index (κ1) is 46.0. The molecule has 346 valence electrons. The second-order valence-electron chi connectivity index (χ2n) is 18.5. The van der Waals surface area contributed by atoms with Crippen molar-refractivity contribution in [3.8, 4) is 0 Å². The number of fused-ring (bicyclic) bond motifs is 1. The van der Waals surface area contributed by atoms with Gasteiger partial charge < -0.3 is 26.2 Å². The highest BCUT2D eigenvalue weighted by molar-refractivity contribution is 5.98. The lowest BCUT2D eigenvalue weighted by molar-refractivity contribution is -0.137. The zero-order valence-electron chi connectivity index (χ0n) is 37.4. The van der Waals surface area contributed by atoms with Crippen LogP contribution in [0.1, 0.15) is 101 Å². The van der Waals surface area contributed by atoms with E-state index in [9.17, 15) is 28.4 Å². The van der Waals surface area contributed by atoms with Gasteiger partial charge in [0.2, 0.25) is 11.8 Å². The molecule has 14 nitrogen and oxygen atoms in total. The number of carbonyl (C=O) groups is 4. The first-order chi connectivity index (χ1) is 31.7. The van der Waals surface area contributed by atoms with Crippen LogP contribution in [-0.2, 0) is 16.0 Å². The van der Waals surface area contributed by atoms with Crippen molar-refractivity contribution in [1.29, 1.82) is 0 Å². The van der Waals surface area contributed by atoms with E-state index < -0.39 is 17.8 Å². The largest absolute Gasteiger partial charge is 0.353 e. The van der Waals surface area contributed by atoms with Crippen molar-refractivity contribution in [2.24, 2.45) is 11.8 Å². The van der Waals surface area contributed by atoms with Crippen LogP contribution in [0.25, 0.3) is 10.8 Å². The molecule has 8 rings (SSSR count). The summed E-state index contributed by atoms with van der Waals surface area (Å²) in [5.41, 5.74) is 2.70. The van der Waals surface area contributed by atoms with E-state index in [1.165, 1.54) is 24.1 Å². The lowest BCUT2D eigenvalue weighted by Crippen LogP contribution is -2.57. The Morgan fingerprint density at radius 1 is 0.769 bits per heavy atom. The summed E-state index contributed by atoms with van der Waals surface area (Å²) < 4.78 is 14.8. The average Bonchev–Trinajstić information content (AvgIpc) is 3.34. The molecule has 4 heterocycles. The Balaban J connectivity index is 0.736. The standard InChI is InChI=1S/C50H64FN9O5/c51-43-16-15-35(29-44-40-13-4-5-14-41(40)49(64)57-56-44)28-42(43)48(63)54-21-20-53-45(61)33-58-22-17-34(18-23-58)32-59-24-26-60(27-25-59)50(65)46(36-8-2-1-3-9-36)55-47(62)38-11-6-10-37(30-38)39-12-7-19-52-31-39/h4-6,10-11,13-16,28,30,34,36,39,46,52H,1-3,7-9,12,17-27,29,31-33H2,(H,53,61)(H,54,63)(H,55,62)(H,57,64)/t39?,46-/m1/s1. The van der Waals surface area contributed by atoms with E-state index in [0.717, 1.165) is 97.2 Å². The molecule has 15 heteroatoms. The lowest BCUT2D eigenvalue weighted by Gasteiger charge is -2.40. The van der Waals surface area contributed by atoms with Crippen LogP contribution in [0.15, 0.2) is 71.5 Å². The molecule has 1 aliphatic carbocycles. The number of nitrogens with one attached hydrogen (secondary N) is 5. The van der Waals surface area contributed by atoms with Crippen LogP contribution in [0.4, 0.5) is 4.39 Å². The van der Waals surface area contributed by atoms with E-state index in [0.29, 0.717) is 58.9 Å². The second kappa shape index (κ2) is 22.1. The van der Waals surface area contributed by atoms with Crippen molar-refractivity contribution in [2.75, 3.05) is 78.5 Å². The van der Waals surface area contributed by atoms with Gasteiger partial charge in [-0.3, -0.25) is 33.8 Å². The van der Waals surface area contributed by atoms with E-state index in [2.05, 4.69) is 47.3 Å². The number of piperazine rings is 1. The normalized spacial score (nSPS) is 19.7. The van der Waals surface area contributed by atoms with Gasteiger partial charge in [-0.1, -0.05) is 55.7 Å². The van der Waals surface area contributed by atoms with Crippen LogP contribution in [-0.4, -0.2) is 133 Å². The number of benzene rings is 3. The van der Waals surface area contributed by atoms with Crippen LogP contribution >= 0.6 is 0 Å². The van der Waals surface area contributed by atoms with Crippen molar-refractivity contribution in [1.82, 2.24) is 46.2 Å². The molecule has 5 N–H and O–H groups in total.